The quantitative estimate of drug-likeness (QED) is 0.761. The Morgan fingerprint density at radius 1 is 1.67 bits per heavy atom. The molecule has 0 amide bonds. The second kappa shape index (κ2) is 4.36. The SMILES string of the molecule is C=CCOc1ccc2c(c1)OCC2NC. The molecule has 0 fully saturated rings. The summed E-state index contributed by atoms with van der Waals surface area (Å²) in [6.45, 7) is 4.82. The van der Waals surface area contributed by atoms with Crippen molar-refractivity contribution in [2.75, 3.05) is 20.3 Å². The van der Waals surface area contributed by atoms with Crippen LogP contribution in [0.1, 0.15) is 11.6 Å². The van der Waals surface area contributed by atoms with Gasteiger partial charge >= 0.3 is 0 Å². The largest absolute Gasteiger partial charge is 0.491 e. The van der Waals surface area contributed by atoms with Crippen LogP contribution in [0.15, 0.2) is 30.9 Å². The second-order valence-electron chi connectivity index (χ2n) is 3.45. The molecule has 0 aliphatic carbocycles. The van der Waals surface area contributed by atoms with Crippen LogP contribution in [-0.2, 0) is 0 Å². The minimum Gasteiger partial charge on any atom is -0.491 e. The topological polar surface area (TPSA) is 30.5 Å². The summed E-state index contributed by atoms with van der Waals surface area (Å²) < 4.78 is 11.0. The minimum absolute atomic E-state index is 0.299. The Kier molecular flexibility index (Phi) is 2.92. The normalized spacial score (nSPS) is 18.1. The molecule has 1 N–H and O–H groups in total. The molecule has 3 heteroatoms. The van der Waals surface area contributed by atoms with Crippen LogP contribution in [-0.4, -0.2) is 20.3 Å². The molecule has 1 aromatic carbocycles. The summed E-state index contributed by atoms with van der Waals surface area (Å²) in [6.07, 6.45) is 1.73. The highest BCUT2D eigenvalue weighted by atomic mass is 16.5. The maximum Gasteiger partial charge on any atom is 0.127 e. The fraction of sp³-hybridized carbons (Fsp3) is 0.333. The number of hydrogen-bond donors (Lipinski definition) is 1. The smallest absolute Gasteiger partial charge is 0.127 e. The van der Waals surface area contributed by atoms with Crippen LogP contribution in [0.25, 0.3) is 0 Å². The molecule has 80 valence electrons. The Labute approximate surface area is 89.7 Å². The highest BCUT2D eigenvalue weighted by molar-refractivity contribution is 5.45. The van der Waals surface area contributed by atoms with Gasteiger partial charge in [-0.3, -0.25) is 0 Å². The third-order valence-corrected chi connectivity index (χ3v) is 2.48. The first-order chi connectivity index (χ1) is 7.35. The zero-order valence-electron chi connectivity index (χ0n) is 8.82. The van der Waals surface area contributed by atoms with Gasteiger partial charge in [-0.1, -0.05) is 12.7 Å². The van der Waals surface area contributed by atoms with Crippen LogP contribution in [0.4, 0.5) is 0 Å². The van der Waals surface area contributed by atoms with E-state index in [0.29, 0.717) is 19.3 Å². The first-order valence-electron chi connectivity index (χ1n) is 5.03. The van der Waals surface area contributed by atoms with E-state index in [1.54, 1.807) is 6.08 Å². The van der Waals surface area contributed by atoms with Crippen molar-refractivity contribution >= 4 is 0 Å². The van der Waals surface area contributed by atoms with E-state index in [0.717, 1.165) is 11.5 Å². The Morgan fingerprint density at radius 2 is 2.53 bits per heavy atom. The molecule has 0 aromatic heterocycles. The third-order valence-electron chi connectivity index (χ3n) is 2.48. The van der Waals surface area contributed by atoms with E-state index in [1.807, 2.05) is 25.2 Å². The summed E-state index contributed by atoms with van der Waals surface area (Å²) in [5.74, 6) is 1.74. The Bertz CT molecular complexity index is 363. The maximum absolute atomic E-state index is 5.55. The standard InChI is InChI=1S/C12H15NO2/c1-3-6-14-9-4-5-10-11(13-2)8-15-12(10)7-9/h3-5,7,11,13H,1,6,8H2,2H3. The average molecular weight is 205 g/mol. The molecule has 1 atom stereocenters. The Morgan fingerprint density at radius 3 is 3.27 bits per heavy atom. The highest BCUT2D eigenvalue weighted by Gasteiger charge is 2.22. The van der Waals surface area contributed by atoms with E-state index in [1.165, 1.54) is 5.56 Å². The zero-order valence-corrected chi connectivity index (χ0v) is 8.82. The van der Waals surface area contributed by atoms with Gasteiger partial charge in [0.15, 0.2) is 0 Å². The molecular weight excluding hydrogens is 190 g/mol. The first kappa shape index (κ1) is 10.1. The predicted octanol–water partition coefficient (Wildman–Crippen LogP) is 1.90. The highest BCUT2D eigenvalue weighted by Crippen LogP contribution is 2.34. The fourth-order valence-electron chi connectivity index (χ4n) is 1.67. The summed E-state index contributed by atoms with van der Waals surface area (Å²) in [7, 11) is 1.94. The van der Waals surface area contributed by atoms with Crippen LogP contribution < -0.4 is 14.8 Å². The number of benzene rings is 1. The number of rotatable bonds is 4. The zero-order chi connectivity index (χ0) is 10.7. The summed E-state index contributed by atoms with van der Waals surface area (Å²) in [5.41, 5.74) is 1.20. The van der Waals surface area contributed by atoms with Gasteiger partial charge in [0, 0.05) is 11.6 Å². The molecule has 15 heavy (non-hydrogen) atoms. The molecule has 1 aromatic rings. The molecule has 0 bridgehead atoms. The molecule has 1 aliphatic heterocycles. The monoisotopic (exact) mass is 205 g/mol. The van der Waals surface area contributed by atoms with Crippen molar-refractivity contribution in [1.82, 2.24) is 5.32 Å². The lowest BCUT2D eigenvalue weighted by Crippen LogP contribution is -2.17. The molecule has 2 rings (SSSR count). The summed E-state index contributed by atoms with van der Waals surface area (Å²) in [4.78, 5) is 0. The van der Waals surface area contributed by atoms with E-state index >= 15 is 0 Å². The summed E-state index contributed by atoms with van der Waals surface area (Å²) >= 11 is 0. The molecule has 0 saturated carbocycles. The minimum atomic E-state index is 0.299. The molecule has 0 saturated heterocycles. The van der Waals surface area contributed by atoms with E-state index in [2.05, 4.69) is 11.9 Å². The van der Waals surface area contributed by atoms with Crippen LogP contribution in [0.5, 0.6) is 11.5 Å². The van der Waals surface area contributed by atoms with Crippen LogP contribution in [0, 0.1) is 0 Å². The lowest BCUT2D eigenvalue weighted by atomic mass is 10.1. The van der Waals surface area contributed by atoms with Gasteiger partial charge in [0.05, 0.1) is 6.04 Å². The maximum atomic E-state index is 5.55. The van der Waals surface area contributed by atoms with Gasteiger partial charge < -0.3 is 14.8 Å². The van der Waals surface area contributed by atoms with Crippen molar-refractivity contribution in [3.8, 4) is 11.5 Å². The number of hydrogen-bond acceptors (Lipinski definition) is 3. The van der Waals surface area contributed by atoms with E-state index in [4.69, 9.17) is 9.47 Å². The van der Waals surface area contributed by atoms with Gasteiger partial charge in [0.1, 0.15) is 24.7 Å². The molecule has 1 heterocycles. The van der Waals surface area contributed by atoms with Crippen molar-refractivity contribution in [2.24, 2.45) is 0 Å². The Hall–Kier alpha value is -1.48. The van der Waals surface area contributed by atoms with E-state index in [-0.39, 0.29) is 0 Å². The lowest BCUT2D eigenvalue weighted by Gasteiger charge is -2.07. The van der Waals surface area contributed by atoms with Gasteiger partial charge in [-0.15, -0.1) is 0 Å². The first-order valence-corrected chi connectivity index (χ1v) is 5.03. The molecule has 1 unspecified atom stereocenters. The van der Waals surface area contributed by atoms with Gasteiger partial charge in [0.25, 0.3) is 0 Å². The van der Waals surface area contributed by atoms with Crippen molar-refractivity contribution in [2.45, 2.75) is 6.04 Å². The van der Waals surface area contributed by atoms with Gasteiger partial charge in [-0.2, -0.15) is 0 Å². The van der Waals surface area contributed by atoms with Gasteiger partial charge in [-0.05, 0) is 19.2 Å². The van der Waals surface area contributed by atoms with E-state index in [9.17, 15) is 0 Å². The number of ether oxygens (including phenoxy) is 2. The number of fused-ring (bicyclic) bond motifs is 1. The molecule has 0 radical (unpaired) electrons. The van der Waals surface area contributed by atoms with Gasteiger partial charge in [0.2, 0.25) is 0 Å². The van der Waals surface area contributed by atoms with Gasteiger partial charge in [-0.25, -0.2) is 0 Å². The fourth-order valence-corrected chi connectivity index (χ4v) is 1.67. The molecule has 3 nitrogen and oxygen atoms in total. The van der Waals surface area contributed by atoms with Crippen molar-refractivity contribution in [3.63, 3.8) is 0 Å². The third kappa shape index (κ3) is 1.97. The molecular formula is C12H15NO2. The van der Waals surface area contributed by atoms with Crippen LogP contribution >= 0.6 is 0 Å². The van der Waals surface area contributed by atoms with Crippen LogP contribution in [0.2, 0.25) is 0 Å². The second-order valence-corrected chi connectivity index (χ2v) is 3.45. The van der Waals surface area contributed by atoms with Crippen molar-refractivity contribution < 1.29 is 9.47 Å². The van der Waals surface area contributed by atoms with Crippen molar-refractivity contribution in [3.05, 3.63) is 36.4 Å². The van der Waals surface area contributed by atoms with Crippen LogP contribution in [0.3, 0.4) is 0 Å². The number of nitrogens with one attached hydrogen (secondary N) is 1. The average Bonchev–Trinajstić information content (AvgIpc) is 2.68. The number of likely N-dealkylation sites (N-methyl/N-ethyl adjacent to an activating group) is 1. The molecule has 1 aliphatic rings. The van der Waals surface area contributed by atoms with Crippen molar-refractivity contribution in [1.29, 1.82) is 0 Å². The summed E-state index contributed by atoms with van der Waals surface area (Å²) in [6, 6.07) is 6.23. The Balaban J connectivity index is 2.17. The van der Waals surface area contributed by atoms with E-state index < -0.39 is 0 Å². The predicted molar refractivity (Wildman–Crippen MR) is 59.4 cm³/mol. The molecule has 0 spiro atoms. The summed E-state index contributed by atoms with van der Waals surface area (Å²) in [5, 5.41) is 3.20. The lowest BCUT2D eigenvalue weighted by molar-refractivity contribution is 0.315.